The Morgan fingerprint density at radius 2 is 2.27 bits per heavy atom. The molecular formula is C11H19N3O. The van der Waals surface area contributed by atoms with Crippen LogP contribution in [0.5, 0.6) is 0 Å². The van der Waals surface area contributed by atoms with Crippen molar-refractivity contribution in [2.45, 2.75) is 45.7 Å². The lowest BCUT2D eigenvalue weighted by Crippen LogP contribution is -2.36. The van der Waals surface area contributed by atoms with Crippen molar-refractivity contribution in [1.82, 2.24) is 14.9 Å². The summed E-state index contributed by atoms with van der Waals surface area (Å²) in [5.74, 6) is 0.0500. The first-order valence-electron chi connectivity index (χ1n) is 5.43. The molecule has 15 heavy (non-hydrogen) atoms. The third-order valence-electron chi connectivity index (χ3n) is 2.46. The van der Waals surface area contributed by atoms with E-state index in [4.69, 9.17) is 0 Å². The maximum atomic E-state index is 11.8. The van der Waals surface area contributed by atoms with Crippen LogP contribution in [0.1, 0.15) is 39.7 Å². The van der Waals surface area contributed by atoms with E-state index >= 15 is 0 Å². The van der Waals surface area contributed by atoms with Crippen molar-refractivity contribution in [3.05, 3.63) is 18.7 Å². The summed E-state index contributed by atoms with van der Waals surface area (Å²) in [5, 5.41) is 2.98. The van der Waals surface area contributed by atoms with Crippen molar-refractivity contribution in [2.24, 2.45) is 0 Å². The zero-order valence-electron chi connectivity index (χ0n) is 9.60. The van der Waals surface area contributed by atoms with E-state index in [9.17, 15) is 4.79 Å². The largest absolute Gasteiger partial charge is 0.352 e. The van der Waals surface area contributed by atoms with Gasteiger partial charge in [-0.25, -0.2) is 4.98 Å². The van der Waals surface area contributed by atoms with Gasteiger partial charge in [-0.05, 0) is 20.3 Å². The van der Waals surface area contributed by atoms with Crippen molar-refractivity contribution in [1.29, 1.82) is 0 Å². The number of carbonyl (C=O) groups is 1. The van der Waals surface area contributed by atoms with Crippen molar-refractivity contribution in [3.63, 3.8) is 0 Å². The lowest BCUT2D eigenvalue weighted by atomic mass is 10.2. The summed E-state index contributed by atoms with van der Waals surface area (Å²) in [5.41, 5.74) is 0. The van der Waals surface area contributed by atoms with Crippen LogP contribution in [-0.4, -0.2) is 21.5 Å². The average Bonchev–Trinajstić information content (AvgIpc) is 2.69. The van der Waals surface area contributed by atoms with E-state index in [0.29, 0.717) is 0 Å². The second kappa shape index (κ2) is 5.53. The predicted octanol–water partition coefficient (Wildman–Crippen LogP) is 1.75. The second-order valence-corrected chi connectivity index (χ2v) is 3.88. The van der Waals surface area contributed by atoms with Gasteiger partial charge in [-0.15, -0.1) is 0 Å². The SMILES string of the molecule is CCCC(C)NC(=O)C(C)n1ccnc1. The summed E-state index contributed by atoms with van der Waals surface area (Å²) in [4.78, 5) is 15.7. The highest BCUT2D eigenvalue weighted by Crippen LogP contribution is 2.05. The highest BCUT2D eigenvalue weighted by atomic mass is 16.2. The van der Waals surface area contributed by atoms with Crippen LogP contribution in [-0.2, 0) is 4.79 Å². The number of amides is 1. The van der Waals surface area contributed by atoms with Gasteiger partial charge in [0.05, 0.1) is 6.33 Å². The van der Waals surface area contributed by atoms with E-state index in [2.05, 4.69) is 17.2 Å². The maximum Gasteiger partial charge on any atom is 0.243 e. The molecule has 0 aliphatic heterocycles. The quantitative estimate of drug-likeness (QED) is 0.803. The molecule has 2 unspecified atom stereocenters. The van der Waals surface area contributed by atoms with Crippen molar-refractivity contribution in [2.75, 3.05) is 0 Å². The summed E-state index contributed by atoms with van der Waals surface area (Å²) >= 11 is 0. The van der Waals surface area contributed by atoms with Crippen LogP contribution in [0.25, 0.3) is 0 Å². The minimum absolute atomic E-state index is 0.0500. The molecule has 84 valence electrons. The van der Waals surface area contributed by atoms with Gasteiger partial charge >= 0.3 is 0 Å². The molecule has 1 aromatic heterocycles. The zero-order chi connectivity index (χ0) is 11.3. The van der Waals surface area contributed by atoms with Crippen LogP contribution in [0.3, 0.4) is 0 Å². The second-order valence-electron chi connectivity index (χ2n) is 3.88. The molecule has 1 heterocycles. The van der Waals surface area contributed by atoms with Gasteiger partial charge in [0.2, 0.25) is 5.91 Å². The topological polar surface area (TPSA) is 46.9 Å². The van der Waals surface area contributed by atoms with Crippen LogP contribution >= 0.6 is 0 Å². The molecular weight excluding hydrogens is 190 g/mol. The molecule has 4 nitrogen and oxygen atoms in total. The maximum absolute atomic E-state index is 11.8. The van der Waals surface area contributed by atoms with Crippen LogP contribution in [0, 0.1) is 0 Å². The molecule has 1 amide bonds. The third kappa shape index (κ3) is 3.38. The molecule has 1 rings (SSSR count). The number of nitrogens with zero attached hydrogens (tertiary/aromatic N) is 2. The number of aromatic nitrogens is 2. The molecule has 0 fully saturated rings. The van der Waals surface area contributed by atoms with Gasteiger partial charge in [0.1, 0.15) is 6.04 Å². The summed E-state index contributed by atoms with van der Waals surface area (Å²) in [6.07, 6.45) is 7.24. The third-order valence-corrected chi connectivity index (χ3v) is 2.46. The molecule has 0 saturated carbocycles. The molecule has 1 aromatic rings. The van der Waals surface area contributed by atoms with E-state index < -0.39 is 0 Å². The first-order valence-corrected chi connectivity index (χ1v) is 5.43. The van der Waals surface area contributed by atoms with E-state index in [0.717, 1.165) is 12.8 Å². The Hall–Kier alpha value is -1.32. The summed E-state index contributed by atoms with van der Waals surface area (Å²) < 4.78 is 1.80. The first kappa shape index (κ1) is 11.8. The standard InChI is InChI=1S/C11H19N3O/c1-4-5-9(2)13-11(15)10(3)14-7-6-12-8-14/h6-10H,4-5H2,1-3H3,(H,13,15). The number of hydrogen-bond donors (Lipinski definition) is 1. The molecule has 0 aromatic carbocycles. The minimum Gasteiger partial charge on any atom is -0.352 e. The van der Waals surface area contributed by atoms with Gasteiger partial charge in [0.15, 0.2) is 0 Å². The van der Waals surface area contributed by atoms with Gasteiger partial charge in [-0.3, -0.25) is 4.79 Å². The van der Waals surface area contributed by atoms with Crippen molar-refractivity contribution >= 4 is 5.91 Å². The fourth-order valence-corrected chi connectivity index (χ4v) is 1.50. The Bertz CT molecular complexity index is 295. The van der Waals surface area contributed by atoms with Crippen LogP contribution in [0.15, 0.2) is 18.7 Å². The fourth-order valence-electron chi connectivity index (χ4n) is 1.50. The zero-order valence-corrected chi connectivity index (χ0v) is 9.60. The van der Waals surface area contributed by atoms with E-state index in [1.165, 1.54) is 0 Å². The molecule has 0 aliphatic carbocycles. The Morgan fingerprint density at radius 3 is 2.80 bits per heavy atom. The summed E-state index contributed by atoms with van der Waals surface area (Å²) in [6.45, 7) is 6.01. The molecule has 0 saturated heterocycles. The number of hydrogen-bond acceptors (Lipinski definition) is 2. The van der Waals surface area contributed by atoms with Crippen LogP contribution in [0.4, 0.5) is 0 Å². The number of nitrogens with one attached hydrogen (secondary N) is 1. The highest BCUT2D eigenvalue weighted by molar-refractivity contribution is 5.80. The predicted molar refractivity (Wildman–Crippen MR) is 59.5 cm³/mol. The molecule has 0 radical (unpaired) electrons. The van der Waals surface area contributed by atoms with Gasteiger partial charge in [-0.2, -0.15) is 0 Å². The van der Waals surface area contributed by atoms with Crippen LogP contribution in [0.2, 0.25) is 0 Å². The number of rotatable bonds is 5. The van der Waals surface area contributed by atoms with E-state index in [-0.39, 0.29) is 18.0 Å². The van der Waals surface area contributed by atoms with Crippen molar-refractivity contribution in [3.8, 4) is 0 Å². The Kier molecular flexibility index (Phi) is 4.34. The van der Waals surface area contributed by atoms with E-state index in [1.54, 1.807) is 23.3 Å². The Balaban J connectivity index is 2.47. The van der Waals surface area contributed by atoms with Crippen LogP contribution < -0.4 is 5.32 Å². The summed E-state index contributed by atoms with van der Waals surface area (Å²) in [7, 11) is 0. The molecule has 1 N–H and O–H groups in total. The molecule has 0 aliphatic rings. The average molecular weight is 209 g/mol. The fraction of sp³-hybridized carbons (Fsp3) is 0.636. The Labute approximate surface area is 90.7 Å². The van der Waals surface area contributed by atoms with Gasteiger partial charge in [-0.1, -0.05) is 13.3 Å². The molecule has 2 atom stereocenters. The smallest absolute Gasteiger partial charge is 0.243 e. The monoisotopic (exact) mass is 209 g/mol. The molecule has 0 spiro atoms. The van der Waals surface area contributed by atoms with Gasteiger partial charge < -0.3 is 9.88 Å². The Morgan fingerprint density at radius 1 is 1.53 bits per heavy atom. The molecule has 0 bridgehead atoms. The van der Waals surface area contributed by atoms with Crippen molar-refractivity contribution < 1.29 is 4.79 Å². The highest BCUT2D eigenvalue weighted by Gasteiger charge is 2.15. The lowest BCUT2D eigenvalue weighted by molar-refractivity contribution is -0.124. The number of carbonyl (C=O) groups excluding carboxylic acids is 1. The lowest BCUT2D eigenvalue weighted by Gasteiger charge is -2.17. The first-order chi connectivity index (χ1) is 7.15. The van der Waals surface area contributed by atoms with Gasteiger partial charge in [0, 0.05) is 18.4 Å². The van der Waals surface area contributed by atoms with E-state index in [1.807, 2.05) is 13.8 Å². The summed E-state index contributed by atoms with van der Waals surface area (Å²) in [6, 6.07) is 0.0558. The van der Waals surface area contributed by atoms with Gasteiger partial charge in [0.25, 0.3) is 0 Å². The normalized spacial score (nSPS) is 14.6. The minimum atomic E-state index is -0.188. The molecule has 4 heteroatoms. The number of imidazole rings is 1.